The lowest BCUT2D eigenvalue weighted by Gasteiger charge is -2.22. The largest absolute Gasteiger partial charge is 0.380 e. The van der Waals surface area contributed by atoms with Gasteiger partial charge < -0.3 is 10.1 Å². The van der Waals surface area contributed by atoms with Gasteiger partial charge in [0.1, 0.15) is 5.82 Å². The minimum absolute atomic E-state index is 0.0785. The maximum atomic E-state index is 10.9. The smallest absolute Gasteiger partial charge is 0.277 e. The fourth-order valence-corrected chi connectivity index (χ4v) is 1.62. The standard InChI is InChI=1S/C13H21N3O3/c1-5-19-8-11(9(2)3)15-13-6-12(16(17)18)10(4)7-14-13/h6-7,9,11H,5,8H2,1-4H3,(H,14,15). The van der Waals surface area contributed by atoms with Gasteiger partial charge in [0.15, 0.2) is 0 Å². The third-order valence-corrected chi connectivity index (χ3v) is 2.91. The van der Waals surface area contributed by atoms with Crippen molar-refractivity contribution in [3.63, 3.8) is 0 Å². The van der Waals surface area contributed by atoms with Gasteiger partial charge in [-0.1, -0.05) is 13.8 Å². The first-order chi connectivity index (χ1) is 8.95. The van der Waals surface area contributed by atoms with Crippen molar-refractivity contribution in [1.82, 2.24) is 4.98 Å². The molecule has 1 aromatic heterocycles. The van der Waals surface area contributed by atoms with E-state index in [0.717, 1.165) is 0 Å². The topological polar surface area (TPSA) is 77.3 Å². The fraction of sp³-hybridized carbons (Fsp3) is 0.615. The summed E-state index contributed by atoms with van der Waals surface area (Å²) in [7, 11) is 0. The first-order valence-corrected chi connectivity index (χ1v) is 6.41. The van der Waals surface area contributed by atoms with Gasteiger partial charge in [-0.15, -0.1) is 0 Å². The highest BCUT2D eigenvalue weighted by atomic mass is 16.6. The van der Waals surface area contributed by atoms with Crippen LogP contribution < -0.4 is 5.32 Å². The number of pyridine rings is 1. The zero-order valence-electron chi connectivity index (χ0n) is 11.8. The van der Waals surface area contributed by atoms with Crippen LogP contribution in [0.15, 0.2) is 12.3 Å². The number of nitrogens with one attached hydrogen (secondary N) is 1. The molecule has 0 saturated carbocycles. The molecular formula is C13H21N3O3. The third kappa shape index (κ3) is 4.48. The van der Waals surface area contributed by atoms with Crippen molar-refractivity contribution < 1.29 is 9.66 Å². The average molecular weight is 267 g/mol. The Morgan fingerprint density at radius 1 is 1.53 bits per heavy atom. The number of hydrogen-bond acceptors (Lipinski definition) is 5. The summed E-state index contributed by atoms with van der Waals surface area (Å²) < 4.78 is 5.41. The molecule has 19 heavy (non-hydrogen) atoms. The third-order valence-electron chi connectivity index (χ3n) is 2.91. The van der Waals surface area contributed by atoms with E-state index in [9.17, 15) is 10.1 Å². The Bertz CT molecular complexity index is 435. The van der Waals surface area contributed by atoms with E-state index < -0.39 is 4.92 Å². The van der Waals surface area contributed by atoms with Gasteiger partial charge in [-0.2, -0.15) is 0 Å². The summed E-state index contributed by atoms with van der Waals surface area (Å²) in [5.74, 6) is 0.851. The van der Waals surface area contributed by atoms with Crippen molar-refractivity contribution >= 4 is 11.5 Å². The molecule has 0 aliphatic carbocycles. The monoisotopic (exact) mass is 267 g/mol. The summed E-state index contributed by atoms with van der Waals surface area (Å²) in [4.78, 5) is 14.7. The number of rotatable bonds is 7. The lowest BCUT2D eigenvalue weighted by Crippen LogP contribution is -2.31. The van der Waals surface area contributed by atoms with Crippen LogP contribution in [-0.4, -0.2) is 29.2 Å². The predicted octanol–water partition coefficient (Wildman–Crippen LogP) is 2.77. The fourth-order valence-electron chi connectivity index (χ4n) is 1.62. The second kappa shape index (κ2) is 7.04. The summed E-state index contributed by atoms with van der Waals surface area (Å²) in [6.07, 6.45) is 1.51. The number of ether oxygens (including phenoxy) is 1. The highest BCUT2D eigenvalue weighted by Crippen LogP contribution is 2.21. The minimum atomic E-state index is -0.394. The maximum absolute atomic E-state index is 10.9. The first kappa shape index (κ1) is 15.4. The Labute approximate surface area is 113 Å². The molecular weight excluding hydrogens is 246 g/mol. The normalized spacial score (nSPS) is 12.5. The van der Waals surface area contributed by atoms with E-state index in [-0.39, 0.29) is 11.7 Å². The summed E-state index contributed by atoms with van der Waals surface area (Å²) in [6, 6.07) is 1.55. The zero-order valence-corrected chi connectivity index (χ0v) is 11.8. The molecule has 0 aromatic carbocycles. The van der Waals surface area contributed by atoms with Crippen LogP contribution in [0.4, 0.5) is 11.5 Å². The van der Waals surface area contributed by atoms with Crippen molar-refractivity contribution in [2.24, 2.45) is 5.92 Å². The van der Waals surface area contributed by atoms with Gasteiger partial charge in [-0.3, -0.25) is 10.1 Å². The van der Waals surface area contributed by atoms with Crippen molar-refractivity contribution in [2.45, 2.75) is 33.7 Å². The average Bonchev–Trinajstić information content (AvgIpc) is 2.35. The molecule has 6 nitrogen and oxygen atoms in total. The lowest BCUT2D eigenvalue weighted by molar-refractivity contribution is -0.385. The second-order valence-corrected chi connectivity index (χ2v) is 4.77. The number of hydrogen-bond donors (Lipinski definition) is 1. The van der Waals surface area contributed by atoms with Gasteiger partial charge >= 0.3 is 0 Å². The van der Waals surface area contributed by atoms with Crippen LogP contribution in [0, 0.1) is 23.0 Å². The number of anilines is 1. The molecule has 1 atom stereocenters. The summed E-state index contributed by atoms with van der Waals surface area (Å²) in [6.45, 7) is 8.95. The molecule has 0 bridgehead atoms. The van der Waals surface area contributed by atoms with E-state index in [4.69, 9.17) is 4.74 Å². The van der Waals surface area contributed by atoms with E-state index in [1.165, 1.54) is 12.3 Å². The van der Waals surface area contributed by atoms with Crippen molar-refractivity contribution in [1.29, 1.82) is 0 Å². The first-order valence-electron chi connectivity index (χ1n) is 6.41. The molecule has 6 heteroatoms. The molecule has 0 amide bonds. The second-order valence-electron chi connectivity index (χ2n) is 4.77. The van der Waals surface area contributed by atoms with E-state index in [1.807, 2.05) is 6.92 Å². The number of aryl methyl sites for hydroxylation is 1. The summed E-state index contributed by atoms with van der Waals surface area (Å²) >= 11 is 0. The Morgan fingerprint density at radius 3 is 2.74 bits per heavy atom. The van der Waals surface area contributed by atoms with Crippen LogP contribution in [0.3, 0.4) is 0 Å². The van der Waals surface area contributed by atoms with Crippen LogP contribution in [0.2, 0.25) is 0 Å². The van der Waals surface area contributed by atoms with Crippen LogP contribution >= 0.6 is 0 Å². The van der Waals surface area contributed by atoms with E-state index in [0.29, 0.717) is 30.5 Å². The predicted molar refractivity (Wildman–Crippen MR) is 74.4 cm³/mol. The molecule has 0 aliphatic heterocycles. The molecule has 106 valence electrons. The quantitative estimate of drug-likeness (QED) is 0.607. The van der Waals surface area contributed by atoms with Gasteiger partial charge in [0.25, 0.3) is 5.69 Å². The van der Waals surface area contributed by atoms with Gasteiger partial charge in [-0.25, -0.2) is 4.98 Å². The molecule has 1 aromatic rings. The maximum Gasteiger partial charge on any atom is 0.277 e. The number of aromatic nitrogens is 1. The van der Waals surface area contributed by atoms with E-state index in [1.54, 1.807) is 6.92 Å². The van der Waals surface area contributed by atoms with Crippen molar-refractivity contribution in [3.05, 3.63) is 27.9 Å². The van der Waals surface area contributed by atoms with Gasteiger partial charge in [0.2, 0.25) is 0 Å². The molecule has 1 N–H and O–H groups in total. The minimum Gasteiger partial charge on any atom is -0.380 e. The van der Waals surface area contributed by atoms with Crippen molar-refractivity contribution in [3.8, 4) is 0 Å². The molecule has 1 rings (SSSR count). The van der Waals surface area contributed by atoms with Gasteiger partial charge in [0, 0.05) is 18.4 Å². The summed E-state index contributed by atoms with van der Waals surface area (Å²) in [5.41, 5.74) is 0.637. The van der Waals surface area contributed by atoms with Crippen LogP contribution in [0.25, 0.3) is 0 Å². The Hall–Kier alpha value is -1.69. The Balaban J connectivity index is 2.84. The molecule has 0 aliphatic rings. The van der Waals surface area contributed by atoms with E-state index in [2.05, 4.69) is 24.1 Å². The molecule has 1 heterocycles. The molecule has 0 fully saturated rings. The van der Waals surface area contributed by atoms with E-state index >= 15 is 0 Å². The number of nitrogens with zero attached hydrogens (tertiary/aromatic N) is 2. The molecule has 0 saturated heterocycles. The molecule has 1 unspecified atom stereocenters. The highest BCUT2D eigenvalue weighted by molar-refractivity contribution is 5.49. The summed E-state index contributed by atoms with van der Waals surface area (Å²) in [5, 5.41) is 14.1. The van der Waals surface area contributed by atoms with Gasteiger partial charge in [0.05, 0.1) is 23.6 Å². The van der Waals surface area contributed by atoms with Gasteiger partial charge in [-0.05, 0) is 19.8 Å². The van der Waals surface area contributed by atoms with Crippen LogP contribution in [-0.2, 0) is 4.74 Å². The molecule has 0 spiro atoms. The Morgan fingerprint density at radius 2 is 2.21 bits per heavy atom. The number of nitro groups is 1. The van der Waals surface area contributed by atoms with Crippen LogP contribution in [0.5, 0.6) is 0 Å². The highest BCUT2D eigenvalue weighted by Gasteiger charge is 2.17. The Kier molecular flexibility index (Phi) is 5.69. The van der Waals surface area contributed by atoms with Crippen molar-refractivity contribution in [2.75, 3.05) is 18.5 Å². The lowest BCUT2D eigenvalue weighted by atomic mass is 10.1. The van der Waals surface area contributed by atoms with Crippen LogP contribution in [0.1, 0.15) is 26.3 Å². The zero-order chi connectivity index (χ0) is 14.4. The molecule has 0 radical (unpaired) electrons. The SMILES string of the molecule is CCOCC(Nc1cc([N+](=O)[O-])c(C)cn1)C(C)C.